The van der Waals surface area contributed by atoms with Gasteiger partial charge < -0.3 is 20.3 Å². The lowest BCUT2D eigenvalue weighted by Crippen LogP contribution is -2.49. The van der Waals surface area contributed by atoms with Gasteiger partial charge in [0.15, 0.2) is 0 Å². The number of carbonyl (C=O) groups is 1. The van der Waals surface area contributed by atoms with Crippen molar-refractivity contribution in [3.8, 4) is 0 Å². The van der Waals surface area contributed by atoms with Gasteiger partial charge in [0.25, 0.3) is 5.56 Å². The molecule has 0 radical (unpaired) electrons. The lowest BCUT2D eigenvalue weighted by molar-refractivity contribution is 0.101. The van der Waals surface area contributed by atoms with Gasteiger partial charge in [-0.25, -0.2) is 18.6 Å². The van der Waals surface area contributed by atoms with Crippen molar-refractivity contribution in [1.82, 2.24) is 14.9 Å². The molecule has 1 saturated heterocycles. The highest BCUT2D eigenvalue weighted by atomic mass is 127. The van der Waals surface area contributed by atoms with Gasteiger partial charge in [-0.05, 0) is 47.2 Å². The number of hydrogen-bond acceptors (Lipinski definition) is 4. The molecule has 1 amide bonds. The SMILES string of the molecule is O=C(O)N1CC[C@@H](Nc2nc3c(I)c[nH]c(=O)c3c3cc(F)ccc23)[C@H](F)C1. The molecule has 7 nitrogen and oxygen atoms in total. The second kappa shape index (κ2) is 7.15. The molecule has 2 atom stereocenters. The summed E-state index contributed by atoms with van der Waals surface area (Å²) in [6.07, 6.45) is -0.797. The van der Waals surface area contributed by atoms with E-state index in [1.165, 1.54) is 24.4 Å². The second-order valence-electron chi connectivity index (χ2n) is 6.62. The first-order chi connectivity index (χ1) is 13.3. The van der Waals surface area contributed by atoms with Crippen LogP contribution in [0.15, 0.2) is 29.2 Å². The number of halogens is 3. The summed E-state index contributed by atoms with van der Waals surface area (Å²) in [6, 6.07) is 3.37. The predicted octanol–water partition coefficient (Wildman–Crippen LogP) is 3.32. The van der Waals surface area contributed by atoms with Crippen molar-refractivity contribution in [2.45, 2.75) is 18.6 Å². The van der Waals surface area contributed by atoms with Gasteiger partial charge in [-0.2, -0.15) is 0 Å². The van der Waals surface area contributed by atoms with E-state index in [0.29, 0.717) is 25.7 Å². The first kappa shape index (κ1) is 18.8. The number of benzene rings is 1. The summed E-state index contributed by atoms with van der Waals surface area (Å²) in [6.45, 7) is -0.0326. The van der Waals surface area contributed by atoms with E-state index in [2.05, 4.69) is 15.3 Å². The number of hydrogen-bond donors (Lipinski definition) is 3. The zero-order valence-electron chi connectivity index (χ0n) is 14.4. The number of likely N-dealkylation sites (tertiary alicyclic amines) is 1. The van der Waals surface area contributed by atoms with Gasteiger partial charge in [0.05, 0.1) is 27.1 Å². The van der Waals surface area contributed by atoms with Gasteiger partial charge in [0.2, 0.25) is 0 Å². The largest absolute Gasteiger partial charge is 0.465 e. The Morgan fingerprint density at radius 2 is 2.18 bits per heavy atom. The third kappa shape index (κ3) is 3.25. The summed E-state index contributed by atoms with van der Waals surface area (Å²) >= 11 is 2.02. The van der Waals surface area contributed by atoms with Crippen molar-refractivity contribution in [1.29, 1.82) is 0 Å². The van der Waals surface area contributed by atoms with Crippen molar-refractivity contribution < 1.29 is 18.7 Å². The zero-order valence-corrected chi connectivity index (χ0v) is 16.5. The summed E-state index contributed by atoms with van der Waals surface area (Å²) in [7, 11) is 0. The van der Waals surface area contributed by atoms with E-state index < -0.39 is 24.1 Å². The number of aromatic nitrogens is 2. The average molecular weight is 500 g/mol. The molecule has 146 valence electrons. The van der Waals surface area contributed by atoms with Gasteiger partial charge in [-0.15, -0.1) is 0 Å². The lowest BCUT2D eigenvalue weighted by Gasteiger charge is -2.33. The van der Waals surface area contributed by atoms with Crippen molar-refractivity contribution in [2.75, 3.05) is 18.4 Å². The molecule has 0 saturated carbocycles. The number of piperidine rings is 1. The molecule has 28 heavy (non-hydrogen) atoms. The van der Waals surface area contributed by atoms with Gasteiger partial charge in [-0.3, -0.25) is 4.79 Å². The van der Waals surface area contributed by atoms with Gasteiger partial charge >= 0.3 is 6.09 Å². The molecule has 10 heteroatoms. The highest BCUT2D eigenvalue weighted by molar-refractivity contribution is 14.1. The van der Waals surface area contributed by atoms with Crippen LogP contribution in [0.2, 0.25) is 0 Å². The molecule has 0 bridgehead atoms. The number of amides is 1. The Bertz CT molecular complexity index is 1150. The van der Waals surface area contributed by atoms with Crippen LogP contribution < -0.4 is 10.9 Å². The minimum absolute atomic E-state index is 0.199. The second-order valence-corrected chi connectivity index (χ2v) is 7.79. The average Bonchev–Trinajstić information content (AvgIpc) is 2.65. The molecule has 3 aromatic rings. The number of fused-ring (bicyclic) bond motifs is 3. The first-order valence-corrected chi connectivity index (χ1v) is 9.61. The summed E-state index contributed by atoms with van der Waals surface area (Å²) in [5, 5.41) is 13.2. The molecular formula is C18H15F2IN4O3. The smallest absolute Gasteiger partial charge is 0.407 e. The highest BCUT2D eigenvalue weighted by Gasteiger charge is 2.32. The molecule has 4 rings (SSSR count). The number of pyridine rings is 2. The Kier molecular flexibility index (Phi) is 4.81. The van der Waals surface area contributed by atoms with E-state index in [1.807, 2.05) is 22.6 Å². The first-order valence-electron chi connectivity index (χ1n) is 8.54. The van der Waals surface area contributed by atoms with E-state index in [1.54, 1.807) is 0 Å². The van der Waals surface area contributed by atoms with Gasteiger partial charge in [-0.1, -0.05) is 0 Å². The monoisotopic (exact) mass is 500 g/mol. The summed E-state index contributed by atoms with van der Waals surface area (Å²) in [4.78, 5) is 31.6. The van der Waals surface area contributed by atoms with Crippen LogP contribution in [0.4, 0.5) is 19.4 Å². The molecule has 1 aliphatic heterocycles. The van der Waals surface area contributed by atoms with Crippen molar-refractivity contribution >= 4 is 56.2 Å². The van der Waals surface area contributed by atoms with Crippen LogP contribution in [0.5, 0.6) is 0 Å². The molecule has 0 aliphatic carbocycles. The normalized spacial score (nSPS) is 19.9. The number of H-pyrrole nitrogens is 1. The molecule has 3 heterocycles. The fourth-order valence-electron chi connectivity index (χ4n) is 3.48. The molecular weight excluding hydrogens is 485 g/mol. The fraction of sp³-hybridized carbons (Fsp3) is 0.278. The molecule has 0 unspecified atom stereocenters. The topological polar surface area (TPSA) is 98.3 Å². The zero-order chi connectivity index (χ0) is 20.0. The maximum atomic E-state index is 14.6. The van der Waals surface area contributed by atoms with Crippen LogP contribution in [0.25, 0.3) is 21.7 Å². The molecule has 1 aromatic carbocycles. The predicted molar refractivity (Wildman–Crippen MR) is 109 cm³/mol. The maximum absolute atomic E-state index is 14.6. The van der Waals surface area contributed by atoms with Crippen LogP contribution >= 0.6 is 22.6 Å². The molecule has 0 spiro atoms. The van der Waals surface area contributed by atoms with Crippen LogP contribution in [0.1, 0.15) is 6.42 Å². The minimum atomic E-state index is -1.42. The Morgan fingerprint density at radius 1 is 1.39 bits per heavy atom. The standard InChI is InChI=1S/C18H15F2IN4O3/c19-8-1-2-9-10(5-8)14-15(12(21)6-22-17(14)26)24-16(9)23-13-3-4-25(18(27)28)7-11(13)20/h1-2,5-6,11,13H,3-4,7H2,(H,22,26)(H,23,24)(H,27,28)/t11-,13-/m1/s1. The maximum Gasteiger partial charge on any atom is 0.407 e. The molecule has 2 aromatic heterocycles. The van der Waals surface area contributed by atoms with E-state index in [-0.39, 0.29) is 30.5 Å². The summed E-state index contributed by atoms with van der Waals surface area (Å²) < 4.78 is 29.1. The van der Waals surface area contributed by atoms with Gasteiger partial charge in [0, 0.05) is 23.5 Å². The number of aromatic amines is 1. The van der Waals surface area contributed by atoms with E-state index in [9.17, 15) is 18.4 Å². The minimum Gasteiger partial charge on any atom is -0.465 e. The van der Waals surface area contributed by atoms with Crippen LogP contribution in [-0.4, -0.2) is 51.4 Å². The summed E-state index contributed by atoms with van der Waals surface area (Å²) in [5.74, 6) is -0.162. The Labute approximate surface area is 170 Å². The third-order valence-electron chi connectivity index (χ3n) is 4.88. The molecule has 3 N–H and O–H groups in total. The quantitative estimate of drug-likeness (QED) is 0.371. The Morgan fingerprint density at radius 3 is 2.89 bits per heavy atom. The molecule has 1 fully saturated rings. The Balaban J connectivity index is 1.82. The van der Waals surface area contributed by atoms with Crippen molar-refractivity contribution in [3.63, 3.8) is 0 Å². The number of alkyl halides is 1. The number of rotatable bonds is 2. The van der Waals surface area contributed by atoms with E-state index in [4.69, 9.17) is 5.11 Å². The van der Waals surface area contributed by atoms with E-state index >= 15 is 0 Å². The lowest BCUT2D eigenvalue weighted by atomic mass is 10.0. The van der Waals surface area contributed by atoms with Crippen LogP contribution in [0, 0.1) is 9.39 Å². The Hall–Kier alpha value is -2.50. The highest BCUT2D eigenvalue weighted by Crippen LogP contribution is 2.31. The number of nitrogens with one attached hydrogen (secondary N) is 2. The third-order valence-corrected chi connectivity index (χ3v) is 5.71. The van der Waals surface area contributed by atoms with Gasteiger partial charge in [0.1, 0.15) is 17.8 Å². The van der Waals surface area contributed by atoms with E-state index in [0.717, 1.165) is 4.90 Å². The van der Waals surface area contributed by atoms with Crippen LogP contribution in [-0.2, 0) is 0 Å². The fourth-order valence-corrected chi connectivity index (χ4v) is 4.03. The van der Waals surface area contributed by atoms with Crippen molar-refractivity contribution in [3.05, 3.63) is 44.1 Å². The summed E-state index contributed by atoms with van der Waals surface area (Å²) in [5.41, 5.74) is 0.00605. The number of nitrogens with zero attached hydrogens (tertiary/aromatic N) is 2. The van der Waals surface area contributed by atoms with Crippen LogP contribution in [0.3, 0.4) is 0 Å². The van der Waals surface area contributed by atoms with Crippen molar-refractivity contribution in [2.24, 2.45) is 0 Å². The number of anilines is 1. The number of carboxylic acid groups (broad SMARTS) is 1. The molecule has 1 aliphatic rings.